The third-order valence-corrected chi connectivity index (χ3v) is 3.96. The predicted octanol–water partition coefficient (Wildman–Crippen LogP) is 2.43. The van der Waals surface area contributed by atoms with Gasteiger partial charge in [-0.05, 0) is 24.3 Å². The Morgan fingerprint density at radius 2 is 1.87 bits per heavy atom. The number of rotatable bonds is 3. The Labute approximate surface area is 134 Å². The molecule has 118 valence electrons. The average Bonchev–Trinajstić information content (AvgIpc) is 2.62. The molecule has 1 aliphatic rings. The molecule has 6 heteroatoms. The van der Waals surface area contributed by atoms with Gasteiger partial charge in [0.2, 0.25) is 0 Å². The number of pyridine rings is 1. The Bertz CT molecular complexity index is 718. The normalized spacial score (nSPS) is 14.5. The number of methoxy groups -OCH3 is 1. The van der Waals surface area contributed by atoms with E-state index in [1.165, 1.54) is 12.1 Å². The number of anilines is 2. The minimum Gasteiger partial charge on any atom is -0.494 e. The van der Waals surface area contributed by atoms with Gasteiger partial charge in [-0.3, -0.25) is 0 Å². The lowest BCUT2D eigenvalue weighted by Crippen LogP contribution is -2.46. The van der Waals surface area contributed by atoms with Crippen molar-refractivity contribution < 1.29 is 9.13 Å². The molecule has 2 aromatic rings. The van der Waals surface area contributed by atoms with Gasteiger partial charge in [0, 0.05) is 38.4 Å². The van der Waals surface area contributed by atoms with Gasteiger partial charge in [-0.2, -0.15) is 5.26 Å². The second kappa shape index (κ2) is 6.53. The van der Waals surface area contributed by atoms with E-state index in [0.29, 0.717) is 11.3 Å². The van der Waals surface area contributed by atoms with Gasteiger partial charge < -0.3 is 14.5 Å². The van der Waals surface area contributed by atoms with E-state index >= 15 is 0 Å². The van der Waals surface area contributed by atoms with Crippen LogP contribution in [-0.2, 0) is 0 Å². The first-order chi connectivity index (χ1) is 11.2. The molecule has 0 aliphatic carbocycles. The molecule has 0 N–H and O–H groups in total. The monoisotopic (exact) mass is 312 g/mol. The van der Waals surface area contributed by atoms with Crippen LogP contribution in [0, 0.1) is 17.1 Å². The highest BCUT2D eigenvalue weighted by atomic mass is 19.1. The SMILES string of the molecule is COc1cc(F)ccc1N1CCN(c2ccc(C#N)cn2)CC1. The second-order valence-electron chi connectivity index (χ2n) is 5.31. The maximum absolute atomic E-state index is 13.3. The van der Waals surface area contributed by atoms with Crippen molar-refractivity contribution in [3.8, 4) is 11.8 Å². The van der Waals surface area contributed by atoms with Crippen molar-refractivity contribution >= 4 is 11.5 Å². The van der Waals surface area contributed by atoms with Crippen LogP contribution in [0.25, 0.3) is 0 Å². The van der Waals surface area contributed by atoms with E-state index in [-0.39, 0.29) is 5.82 Å². The Kier molecular flexibility index (Phi) is 4.29. The van der Waals surface area contributed by atoms with Crippen LogP contribution in [0.2, 0.25) is 0 Å². The molecular formula is C17H17FN4O. The molecule has 23 heavy (non-hydrogen) atoms. The molecule has 0 unspecified atom stereocenters. The third kappa shape index (κ3) is 3.19. The van der Waals surface area contributed by atoms with Crippen LogP contribution in [0.15, 0.2) is 36.5 Å². The van der Waals surface area contributed by atoms with Gasteiger partial charge in [0.25, 0.3) is 0 Å². The number of nitrogens with zero attached hydrogens (tertiary/aromatic N) is 4. The first-order valence-electron chi connectivity index (χ1n) is 7.41. The van der Waals surface area contributed by atoms with Gasteiger partial charge in [0.15, 0.2) is 0 Å². The van der Waals surface area contributed by atoms with Gasteiger partial charge in [0.05, 0.1) is 18.4 Å². The highest BCUT2D eigenvalue weighted by Crippen LogP contribution is 2.30. The zero-order chi connectivity index (χ0) is 16.2. The molecule has 0 spiro atoms. The predicted molar refractivity (Wildman–Crippen MR) is 86.3 cm³/mol. The molecule has 5 nitrogen and oxygen atoms in total. The van der Waals surface area contributed by atoms with Crippen molar-refractivity contribution in [3.05, 3.63) is 47.9 Å². The first kappa shape index (κ1) is 15.1. The van der Waals surface area contributed by atoms with E-state index in [4.69, 9.17) is 10.00 Å². The summed E-state index contributed by atoms with van der Waals surface area (Å²) in [7, 11) is 1.55. The maximum Gasteiger partial charge on any atom is 0.145 e. The molecule has 0 radical (unpaired) electrons. The van der Waals surface area contributed by atoms with Crippen molar-refractivity contribution in [2.45, 2.75) is 0 Å². The van der Waals surface area contributed by atoms with Crippen LogP contribution in [0.3, 0.4) is 0 Å². The molecule has 0 atom stereocenters. The minimum absolute atomic E-state index is 0.300. The summed E-state index contributed by atoms with van der Waals surface area (Å²) in [5, 5.41) is 8.82. The van der Waals surface area contributed by atoms with Gasteiger partial charge in [0.1, 0.15) is 23.5 Å². The van der Waals surface area contributed by atoms with Crippen LogP contribution in [-0.4, -0.2) is 38.3 Å². The molecule has 1 aromatic heterocycles. The van der Waals surface area contributed by atoms with E-state index in [1.54, 1.807) is 25.4 Å². The fourth-order valence-electron chi connectivity index (χ4n) is 2.73. The van der Waals surface area contributed by atoms with Crippen LogP contribution < -0.4 is 14.5 Å². The fourth-order valence-corrected chi connectivity index (χ4v) is 2.73. The molecule has 1 saturated heterocycles. The molecule has 3 rings (SSSR count). The van der Waals surface area contributed by atoms with Crippen LogP contribution in [0.4, 0.5) is 15.9 Å². The Morgan fingerprint density at radius 1 is 1.13 bits per heavy atom. The highest BCUT2D eigenvalue weighted by Gasteiger charge is 2.20. The Hall–Kier alpha value is -2.81. The summed E-state index contributed by atoms with van der Waals surface area (Å²) < 4.78 is 18.6. The molecule has 1 fully saturated rings. The summed E-state index contributed by atoms with van der Waals surface area (Å²) in [5.41, 5.74) is 1.46. The summed E-state index contributed by atoms with van der Waals surface area (Å²) in [5.74, 6) is 1.12. The fraction of sp³-hybridized carbons (Fsp3) is 0.294. The van der Waals surface area contributed by atoms with Crippen molar-refractivity contribution in [3.63, 3.8) is 0 Å². The standard InChI is InChI=1S/C17H17FN4O/c1-23-16-10-14(18)3-4-15(16)21-6-8-22(9-7-21)17-5-2-13(11-19)12-20-17/h2-5,10,12H,6-9H2,1H3. The van der Waals surface area contributed by atoms with E-state index in [2.05, 4.69) is 20.9 Å². The number of aromatic nitrogens is 1. The summed E-state index contributed by atoms with van der Waals surface area (Å²) in [6.07, 6.45) is 1.59. The van der Waals surface area contributed by atoms with Crippen molar-refractivity contribution in [2.24, 2.45) is 0 Å². The van der Waals surface area contributed by atoms with Crippen molar-refractivity contribution in [2.75, 3.05) is 43.1 Å². The quantitative estimate of drug-likeness (QED) is 0.871. The largest absolute Gasteiger partial charge is 0.494 e. The topological polar surface area (TPSA) is 52.4 Å². The molecule has 0 bridgehead atoms. The molecular weight excluding hydrogens is 295 g/mol. The number of halogens is 1. The van der Waals surface area contributed by atoms with Crippen molar-refractivity contribution in [1.82, 2.24) is 4.98 Å². The van der Waals surface area contributed by atoms with Gasteiger partial charge in [-0.1, -0.05) is 0 Å². The minimum atomic E-state index is -0.300. The average molecular weight is 312 g/mol. The zero-order valence-electron chi connectivity index (χ0n) is 12.9. The molecule has 1 aromatic carbocycles. The van der Waals surface area contributed by atoms with E-state index in [1.807, 2.05) is 6.07 Å². The maximum atomic E-state index is 13.3. The van der Waals surface area contributed by atoms with E-state index in [0.717, 1.165) is 37.7 Å². The number of ether oxygens (including phenoxy) is 1. The molecule has 0 saturated carbocycles. The number of piperazine rings is 1. The number of hydrogen-bond acceptors (Lipinski definition) is 5. The Morgan fingerprint density at radius 3 is 2.48 bits per heavy atom. The van der Waals surface area contributed by atoms with E-state index < -0.39 is 0 Å². The van der Waals surface area contributed by atoms with E-state index in [9.17, 15) is 4.39 Å². The lowest BCUT2D eigenvalue weighted by molar-refractivity contribution is 0.410. The smallest absolute Gasteiger partial charge is 0.145 e. The van der Waals surface area contributed by atoms with Crippen molar-refractivity contribution in [1.29, 1.82) is 5.26 Å². The zero-order valence-corrected chi connectivity index (χ0v) is 12.9. The summed E-state index contributed by atoms with van der Waals surface area (Å²) >= 11 is 0. The van der Waals surface area contributed by atoms with Crippen LogP contribution in [0.5, 0.6) is 5.75 Å². The number of nitriles is 1. The highest BCUT2D eigenvalue weighted by molar-refractivity contribution is 5.59. The van der Waals surface area contributed by atoms with Crippen LogP contribution in [0.1, 0.15) is 5.56 Å². The Balaban J connectivity index is 1.69. The first-order valence-corrected chi connectivity index (χ1v) is 7.41. The van der Waals surface area contributed by atoms with Crippen LogP contribution >= 0.6 is 0 Å². The number of hydrogen-bond donors (Lipinski definition) is 0. The van der Waals surface area contributed by atoms with Gasteiger partial charge >= 0.3 is 0 Å². The molecule has 1 aliphatic heterocycles. The lowest BCUT2D eigenvalue weighted by Gasteiger charge is -2.37. The molecule has 0 amide bonds. The number of benzene rings is 1. The summed E-state index contributed by atoms with van der Waals surface area (Å²) in [4.78, 5) is 8.68. The molecule has 2 heterocycles. The summed E-state index contributed by atoms with van der Waals surface area (Å²) in [6.45, 7) is 3.20. The van der Waals surface area contributed by atoms with Gasteiger partial charge in [-0.15, -0.1) is 0 Å². The third-order valence-electron chi connectivity index (χ3n) is 3.96. The van der Waals surface area contributed by atoms with Gasteiger partial charge in [-0.25, -0.2) is 9.37 Å². The lowest BCUT2D eigenvalue weighted by atomic mass is 10.2. The second-order valence-corrected chi connectivity index (χ2v) is 5.31. The summed E-state index contributed by atoms with van der Waals surface area (Å²) in [6, 6.07) is 10.3.